The monoisotopic (exact) mass is 382 g/mol. The molecule has 0 saturated heterocycles. The highest BCUT2D eigenvalue weighted by molar-refractivity contribution is 14.1. The summed E-state index contributed by atoms with van der Waals surface area (Å²) in [4.78, 5) is 15.8. The van der Waals surface area contributed by atoms with Crippen molar-refractivity contribution in [2.45, 2.75) is 36.7 Å². The minimum atomic E-state index is -0.197. The first-order chi connectivity index (χ1) is 8.34. The van der Waals surface area contributed by atoms with Gasteiger partial charge in [-0.2, -0.15) is 0 Å². The molecule has 1 aromatic rings. The van der Waals surface area contributed by atoms with Gasteiger partial charge in [-0.1, -0.05) is 43.4 Å². The minimum absolute atomic E-state index is 0.0898. The number of alkyl halides is 1. The molecule has 6 heteroatoms. The van der Waals surface area contributed by atoms with Crippen molar-refractivity contribution in [2.24, 2.45) is 0 Å². The largest absolute Gasteiger partial charge is 0.468 e. The van der Waals surface area contributed by atoms with Gasteiger partial charge in [0.15, 0.2) is 0 Å². The Morgan fingerprint density at radius 1 is 1.61 bits per heavy atom. The van der Waals surface area contributed by atoms with E-state index in [1.54, 1.807) is 11.3 Å². The van der Waals surface area contributed by atoms with E-state index in [0.29, 0.717) is 13.1 Å². The average molecular weight is 382 g/mol. The number of thiazole rings is 1. The molecule has 0 aliphatic carbocycles. The SMILES string of the molecule is COC(=O)C(I)CNCc1nc(C(C)(C)C)cs1. The molecule has 1 N–H and O–H groups in total. The maximum Gasteiger partial charge on any atom is 0.319 e. The lowest BCUT2D eigenvalue weighted by Gasteiger charge is -2.14. The van der Waals surface area contributed by atoms with Gasteiger partial charge in [0, 0.05) is 23.9 Å². The number of hydrogen-bond donors (Lipinski definition) is 1. The van der Waals surface area contributed by atoms with Crippen LogP contribution in [-0.2, 0) is 21.5 Å². The summed E-state index contributed by atoms with van der Waals surface area (Å²) < 4.78 is 4.51. The van der Waals surface area contributed by atoms with E-state index in [-0.39, 0.29) is 15.3 Å². The zero-order chi connectivity index (χ0) is 13.8. The van der Waals surface area contributed by atoms with E-state index in [1.807, 2.05) is 0 Å². The van der Waals surface area contributed by atoms with Crippen molar-refractivity contribution in [3.8, 4) is 0 Å². The highest BCUT2D eigenvalue weighted by Gasteiger charge is 2.18. The summed E-state index contributed by atoms with van der Waals surface area (Å²) >= 11 is 3.72. The molecule has 1 aromatic heterocycles. The maximum absolute atomic E-state index is 11.2. The number of nitrogens with zero attached hydrogens (tertiary/aromatic N) is 1. The number of esters is 1. The van der Waals surface area contributed by atoms with Crippen LogP contribution in [0, 0.1) is 0 Å². The first kappa shape index (κ1) is 15.8. The van der Waals surface area contributed by atoms with E-state index >= 15 is 0 Å². The quantitative estimate of drug-likeness (QED) is 0.483. The van der Waals surface area contributed by atoms with Crippen molar-refractivity contribution < 1.29 is 9.53 Å². The second-order valence-corrected chi connectivity index (χ2v) is 7.44. The van der Waals surface area contributed by atoms with Gasteiger partial charge >= 0.3 is 5.97 Å². The highest BCUT2D eigenvalue weighted by atomic mass is 127. The second kappa shape index (κ2) is 6.81. The Balaban J connectivity index is 2.41. The lowest BCUT2D eigenvalue weighted by atomic mass is 9.93. The van der Waals surface area contributed by atoms with Crippen LogP contribution in [0.1, 0.15) is 31.5 Å². The zero-order valence-corrected chi connectivity index (χ0v) is 14.1. The smallest absolute Gasteiger partial charge is 0.319 e. The van der Waals surface area contributed by atoms with Crippen LogP contribution in [0.5, 0.6) is 0 Å². The Labute approximate surface area is 126 Å². The maximum atomic E-state index is 11.2. The van der Waals surface area contributed by atoms with E-state index in [9.17, 15) is 4.79 Å². The number of methoxy groups -OCH3 is 1. The standard InChI is InChI=1S/C12H19IN2O2S/c1-12(2,3)9-7-18-10(15-9)6-14-5-8(13)11(16)17-4/h7-8,14H,5-6H2,1-4H3. The van der Waals surface area contributed by atoms with Crippen molar-refractivity contribution >= 4 is 39.9 Å². The summed E-state index contributed by atoms with van der Waals surface area (Å²) in [5.74, 6) is -0.197. The molecule has 0 spiro atoms. The first-order valence-electron chi connectivity index (χ1n) is 5.72. The molecule has 0 bridgehead atoms. The van der Waals surface area contributed by atoms with Crippen molar-refractivity contribution in [1.82, 2.24) is 10.3 Å². The predicted molar refractivity (Wildman–Crippen MR) is 82.3 cm³/mol. The summed E-state index contributed by atoms with van der Waals surface area (Å²) in [6.07, 6.45) is 0. The number of hydrogen-bond acceptors (Lipinski definition) is 5. The number of ether oxygens (including phenoxy) is 1. The van der Waals surface area contributed by atoms with Crippen LogP contribution in [0.3, 0.4) is 0 Å². The zero-order valence-electron chi connectivity index (χ0n) is 11.1. The van der Waals surface area contributed by atoms with Crippen LogP contribution in [0.2, 0.25) is 0 Å². The van der Waals surface area contributed by atoms with Crippen molar-refractivity contribution in [1.29, 1.82) is 0 Å². The number of carbonyl (C=O) groups is 1. The van der Waals surface area contributed by atoms with Gasteiger partial charge in [0.25, 0.3) is 0 Å². The van der Waals surface area contributed by atoms with E-state index in [4.69, 9.17) is 0 Å². The molecule has 102 valence electrons. The molecule has 0 amide bonds. The van der Waals surface area contributed by atoms with Crippen molar-refractivity contribution in [3.63, 3.8) is 0 Å². The van der Waals surface area contributed by atoms with E-state index in [0.717, 1.165) is 10.7 Å². The Morgan fingerprint density at radius 2 is 2.28 bits per heavy atom. The first-order valence-corrected chi connectivity index (χ1v) is 7.84. The average Bonchev–Trinajstić information content (AvgIpc) is 2.76. The molecule has 1 unspecified atom stereocenters. The van der Waals surface area contributed by atoms with E-state index in [1.165, 1.54) is 7.11 Å². The molecular formula is C12H19IN2O2S. The van der Waals surface area contributed by atoms with E-state index in [2.05, 4.69) is 63.8 Å². The summed E-state index contributed by atoms with van der Waals surface area (Å²) in [5, 5.41) is 6.37. The minimum Gasteiger partial charge on any atom is -0.468 e. The molecule has 1 atom stereocenters. The van der Waals surface area contributed by atoms with Crippen LogP contribution in [0.15, 0.2) is 5.38 Å². The molecule has 0 radical (unpaired) electrons. The third-order valence-corrected chi connectivity index (χ3v) is 4.17. The normalized spacial score (nSPS) is 13.4. The van der Waals surface area contributed by atoms with Gasteiger partial charge in [-0.15, -0.1) is 11.3 Å². The molecule has 1 heterocycles. The third-order valence-electron chi connectivity index (χ3n) is 2.38. The topological polar surface area (TPSA) is 51.2 Å². The fourth-order valence-electron chi connectivity index (χ4n) is 1.25. The van der Waals surface area contributed by atoms with Crippen LogP contribution in [0.25, 0.3) is 0 Å². The summed E-state index contributed by atoms with van der Waals surface area (Å²) in [6.45, 7) is 7.74. The Hall–Kier alpha value is -0.210. The van der Waals surface area contributed by atoms with Crippen LogP contribution >= 0.6 is 33.9 Å². The van der Waals surface area contributed by atoms with Crippen molar-refractivity contribution in [2.75, 3.05) is 13.7 Å². The fourth-order valence-corrected chi connectivity index (χ4v) is 2.81. The molecule has 18 heavy (non-hydrogen) atoms. The number of carbonyl (C=O) groups excluding carboxylic acids is 1. The molecule has 1 rings (SSSR count). The lowest BCUT2D eigenvalue weighted by molar-refractivity contribution is -0.139. The third kappa shape index (κ3) is 4.81. The highest BCUT2D eigenvalue weighted by Crippen LogP contribution is 2.23. The number of halogens is 1. The summed E-state index contributed by atoms with van der Waals surface area (Å²) in [6, 6.07) is 0. The van der Waals surface area contributed by atoms with Gasteiger partial charge in [-0.3, -0.25) is 4.79 Å². The molecule has 0 aliphatic rings. The van der Waals surface area contributed by atoms with Gasteiger partial charge in [0.1, 0.15) is 8.93 Å². The van der Waals surface area contributed by atoms with Crippen molar-refractivity contribution in [3.05, 3.63) is 16.1 Å². The molecular weight excluding hydrogens is 363 g/mol. The Bertz CT molecular complexity index is 401. The Morgan fingerprint density at radius 3 is 2.78 bits per heavy atom. The lowest BCUT2D eigenvalue weighted by Crippen LogP contribution is -2.29. The van der Waals surface area contributed by atoms with Gasteiger partial charge in [0.2, 0.25) is 0 Å². The van der Waals surface area contributed by atoms with Crippen LogP contribution in [-0.4, -0.2) is 28.5 Å². The Kier molecular flexibility index (Phi) is 6.00. The van der Waals surface area contributed by atoms with Gasteiger partial charge in [-0.05, 0) is 0 Å². The summed E-state index contributed by atoms with van der Waals surface area (Å²) in [5.41, 5.74) is 1.20. The molecule has 0 fully saturated rings. The number of aromatic nitrogens is 1. The summed E-state index contributed by atoms with van der Waals surface area (Å²) in [7, 11) is 1.41. The van der Waals surface area contributed by atoms with Gasteiger partial charge in [0.05, 0.1) is 12.8 Å². The van der Waals surface area contributed by atoms with E-state index < -0.39 is 0 Å². The van der Waals surface area contributed by atoms with Gasteiger partial charge in [-0.25, -0.2) is 4.98 Å². The molecule has 4 nitrogen and oxygen atoms in total. The fraction of sp³-hybridized carbons (Fsp3) is 0.667. The molecule has 0 aromatic carbocycles. The number of nitrogens with one attached hydrogen (secondary N) is 1. The van der Waals surface area contributed by atoms with Crippen LogP contribution in [0.4, 0.5) is 0 Å². The molecule has 0 saturated carbocycles. The van der Waals surface area contributed by atoms with Gasteiger partial charge < -0.3 is 10.1 Å². The predicted octanol–water partition coefficient (Wildman–Crippen LogP) is 2.51. The second-order valence-electron chi connectivity index (χ2n) is 5.00. The number of rotatable bonds is 5. The van der Waals surface area contributed by atoms with Crippen LogP contribution < -0.4 is 5.32 Å². The molecule has 0 aliphatic heterocycles.